The van der Waals surface area contributed by atoms with E-state index in [1.54, 1.807) is 13.8 Å². The fourth-order valence-electron chi connectivity index (χ4n) is 3.19. The van der Waals surface area contributed by atoms with E-state index in [9.17, 15) is 14.7 Å². The fraction of sp³-hybridized carbons (Fsp3) is 0.929. The number of ether oxygens (including phenoxy) is 1. The van der Waals surface area contributed by atoms with Crippen molar-refractivity contribution in [3.05, 3.63) is 0 Å². The minimum atomic E-state index is -0.671. The van der Waals surface area contributed by atoms with Crippen LogP contribution >= 0.6 is 15.9 Å². The van der Waals surface area contributed by atoms with Crippen molar-refractivity contribution in [3.8, 4) is 0 Å². The number of aliphatic carboxylic acids is 2. The number of hydrogen-bond donors (Lipinski definition) is 2. The van der Waals surface area contributed by atoms with Crippen molar-refractivity contribution in [2.24, 2.45) is 0 Å². The Morgan fingerprint density at radius 2 is 0.917 bits per heavy atom. The monoisotopic (exact) mass is 590 g/mol. The van der Waals surface area contributed by atoms with Crippen molar-refractivity contribution in [1.82, 2.24) is 0 Å². The molecule has 0 unspecified atom stereocenters. The number of halogens is 1. The minimum absolute atomic E-state index is 0. The molecule has 0 aliphatic rings. The summed E-state index contributed by atoms with van der Waals surface area (Å²) in [5.74, 6) is -1.34. The molecule has 0 aromatic heterocycles. The third-order valence-electron chi connectivity index (χ3n) is 5.01. The van der Waals surface area contributed by atoms with E-state index in [1.165, 1.54) is 70.6 Å². The van der Waals surface area contributed by atoms with Gasteiger partial charge in [-0.2, -0.15) is 0 Å². The van der Waals surface area contributed by atoms with Gasteiger partial charge in [-0.25, -0.2) is 0 Å². The molecule has 0 aliphatic carbocycles. The first kappa shape index (κ1) is 43.4. The van der Waals surface area contributed by atoms with Gasteiger partial charge in [-0.1, -0.05) is 107 Å². The summed E-state index contributed by atoms with van der Waals surface area (Å²) in [4.78, 5) is 20.5. The maximum atomic E-state index is 10.3. The van der Waals surface area contributed by atoms with Gasteiger partial charge in [0.15, 0.2) is 0 Å². The molecule has 0 fully saturated rings. The number of hydrogen-bond acceptors (Lipinski definition) is 4. The molecule has 0 aromatic rings. The van der Waals surface area contributed by atoms with Gasteiger partial charge in [-0.3, -0.25) is 9.59 Å². The molecule has 0 heterocycles. The van der Waals surface area contributed by atoms with Crippen molar-refractivity contribution in [3.63, 3.8) is 0 Å². The van der Waals surface area contributed by atoms with E-state index in [4.69, 9.17) is 14.9 Å². The normalized spacial score (nSPS) is 10.2. The molecule has 0 saturated heterocycles. The van der Waals surface area contributed by atoms with E-state index < -0.39 is 18.0 Å². The van der Waals surface area contributed by atoms with Crippen molar-refractivity contribution in [2.75, 3.05) is 11.9 Å². The van der Waals surface area contributed by atoms with Crippen molar-refractivity contribution >= 4 is 27.9 Å². The SMILES string of the molecule is CC(C)OCCCCCCCCCCC(=O)O.CC(C)[O-].O=C(O)CCCCCCCCCCBr.[Na+]. The molecule has 0 aromatic carbocycles. The second kappa shape index (κ2) is 37.5. The Balaban J connectivity index is -0.000000244. The van der Waals surface area contributed by atoms with E-state index in [2.05, 4.69) is 29.8 Å². The Hall–Kier alpha value is 0.340. The zero-order valence-corrected chi connectivity index (χ0v) is 27.8. The van der Waals surface area contributed by atoms with Crippen LogP contribution in [0.25, 0.3) is 0 Å². The van der Waals surface area contributed by atoms with E-state index in [0.29, 0.717) is 18.9 Å². The molecule has 36 heavy (non-hydrogen) atoms. The predicted molar refractivity (Wildman–Crippen MR) is 148 cm³/mol. The van der Waals surface area contributed by atoms with Crippen molar-refractivity contribution in [2.45, 2.75) is 155 Å². The number of carboxylic acids is 2. The molecule has 6 nitrogen and oxygen atoms in total. The quantitative estimate of drug-likeness (QED) is 0.107. The fourth-order valence-corrected chi connectivity index (χ4v) is 3.59. The molecular weight excluding hydrogens is 535 g/mol. The number of carbonyl (C=O) groups is 2. The van der Waals surface area contributed by atoms with Gasteiger partial charge >= 0.3 is 41.5 Å². The third-order valence-corrected chi connectivity index (χ3v) is 5.57. The standard InChI is InChI=1S/C14H28O3.C11H21BrO2.C3H7O.Na/c1-13(2)17-12-10-8-6-4-3-5-7-9-11-14(15)16;12-10-8-6-4-2-1-3-5-7-9-11(13)14;1-3(2)4;/h13H,3-12H2,1-2H3,(H,15,16);1-10H2,(H,13,14);3H,1-2H3;/q;;-1;+1. The summed E-state index contributed by atoms with van der Waals surface area (Å²) in [6.07, 6.45) is 19.5. The average molecular weight is 592 g/mol. The van der Waals surface area contributed by atoms with Gasteiger partial charge in [0.25, 0.3) is 0 Å². The summed E-state index contributed by atoms with van der Waals surface area (Å²) in [5, 5.41) is 27.5. The molecule has 212 valence electrons. The van der Waals surface area contributed by atoms with E-state index in [1.807, 2.05) is 0 Å². The molecule has 0 atom stereocenters. The molecule has 0 saturated carbocycles. The molecule has 0 aliphatic heterocycles. The van der Waals surface area contributed by atoms with Crippen LogP contribution < -0.4 is 34.7 Å². The third kappa shape index (κ3) is 59.4. The van der Waals surface area contributed by atoms with Crippen LogP contribution in [-0.4, -0.2) is 46.3 Å². The second-order valence-electron chi connectivity index (χ2n) is 9.60. The first-order valence-corrected chi connectivity index (χ1v) is 15.0. The summed E-state index contributed by atoms with van der Waals surface area (Å²) in [6.45, 7) is 8.24. The summed E-state index contributed by atoms with van der Waals surface area (Å²) < 4.78 is 5.47. The first-order valence-electron chi connectivity index (χ1n) is 13.9. The predicted octanol–water partition coefficient (Wildman–Crippen LogP) is 4.74. The molecule has 0 spiro atoms. The van der Waals surface area contributed by atoms with Gasteiger partial charge in [0.1, 0.15) is 0 Å². The molecular formula is C28H56BrNaO6. The van der Waals surface area contributed by atoms with E-state index in [0.717, 1.165) is 44.0 Å². The van der Waals surface area contributed by atoms with Gasteiger partial charge < -0.3 is 20.1 Å². The molecule has 0 rings (SSSR count). The molecule has 8 heteroatoms. The van der Waals surface area contributed by atoms with E-state index in [-0.39, 0.29) is 29.6 Å². The largest absolute Gasteiger partial charge is 1.00 e. The molecule has 0 bridgehead atoms. The number of carboxylic acid groups (broad SMARTS) is 2. The topological polar surface area (TPSA) is 107 Å². The summed E-state index contributed by atoms with van der Waals surface area (Å²) in [5.41, 5.74) is 0. The van der Waals surface area contributed by atoms with Crippen LogP contribution in [-0.2, 0) is 14.3 Å². The number of rotatable bonds is 22. The summed E-state index contributed by atoms with van der Waals surface area (Å²) in [7, 11) is 0. The van der Waals surface area contributed by atoms with Gasteiger partial charge in [0.2, 0.25) is 0 Å². The van der Waals surface area contributed by atoms with Gasteiger partial charge in [-0.05, 0) is 39.5 Å². The van der Waals surface area contributed by atoms with Gasteiger partial charge in [0.05, 0.1) is 6.10 Å². The summed E-state index contributed by atoms with van der Waals surface area (Å²) >= 11 is 3.41. The Labute approximate surface area is 253 Å². The van der Waals surface area contributed by atoms with Crippen LogP contribution in [0.15, 0.2) is 0 Å². The number of unbranched alkanes of at least 4 members (excludes halogenated alkanes) is 14. The molecule has 2 N–H and O–H groups in total. The van der Waals surface area contributed by atoms with Crippen molar-refractivity contribution in [1.29, 1.82) is 0 Å². The van der Waals surface area contributed by atoms with Crippen LogP contribution in [0.2, 0.25) is 0 Å². The Kier molecular flexibility index (Phi) is 45.2. The average Bonchev–Trinajstić information content (AvgIpc) is 2.76. The smallest absolute Gasteiger partial charge is 0.852 e. The zero-order valence-electron chi connectivity index (χ0n) is 24.2. The Morgan fingerprint density at radius 1 is 0.639 bits per heavy atom. The molecule has 0 amide bonds. The molecule has 0 radical (unpaired) electrons. The maximum Gasteiger partial charge on any atom is 1.00 e. The van der Waals surface area contributed by atoms with Crippen LogP contribution in [0.3, 0.4) is 0 Å². The zero-order chi connectivity index (χ0) is 27.2. The first-order chi connectivity index (χ1) is 16.6. The summed E-state index contributed by atoms with van der Waals surface area (Å²) in [6, 6.07) is 0. The van der Waals surface area contributed by atoms with E-state index >= 15 is 0 Å². The van der Waals surface area contributed by atoms with Gasteiger partial charge in [-0.15, -0.1) is 6.10 Å². The second-order valence-corrected chi connectivity index (χ2v) is 10.4. The van der Waals surface area contributed by atoms with Crippen LogP contribution in [0, 0.1) is 0 Å². The van der Waals surface area contributed by atoms with Gasteiger partial charge in [0, 0.05) is 24.8 Å². The Bertz CT molecular complexity index is 434. The number of alkyl halides is 1. The van der Waals surface area contributed by atoms with Crippen LogP contribution in [0.4, 0.5) is 0 Å². The van der Waals surface area contributed by atoms with Crippen LogP contribution in [0.1, 0.15) is 143 Å². The Morgan fingerprint density at radius 3 is 1.19 bits per heavy atom. The maximum absolute atomic E-state index is 10.3. The van der Waals surface area contributed by atoms with Crippen molar-refractivity contribution < 1.29 is 59.2 Å². The van der Waals surface area contributed by atoms with Crippen LogP contribution in [0.5, 0.6) is 0 Å². The minimum Gasteiger partial charge on any atom is -0.852 e.